The Labute approximate surface area is 125 Å². The van der Waals surface area contributed by atoms with Gasteiger partial charge in [-0.1, -0.05) is 19.9 Å². The fourth-order valence-electron chi connectivity index (χ4n) is 2.52. The summed E-state index contributed by atoms with van der Waals surface area (Å²) in [6, 6.07) is 6.14. The van der Waals surface area contributed by atoms with Gasteiger partial charge >= 0.3 is 5.97 Å². The first-order valence-electron chi connectivity index (χ1n) is 7.31. The fraction of sp³-hybridized carbons (Fsp3) is 0.500. The van der Waals surface area contributed by atoms with Crippen LogP contribution in [0.15, 0.2) is 24.5 Å². The number of hydrogen-bond acceptors (Lipinski definition) is 3. The molecule has 0 spiro atoms. The van der Waals surface area contributed by atoms with Crippen molar-refractivity contribution in [3.05, 3.63) is 30.1 Å². The molecule has 0 bridgehead atoms. The number of benzene rings is 1. The molecule has 1 unspecified atom stereocenters. The first kappa shape index (κ1) is 15.5. The lowest BCUT2D eigenvalue weighted by atomic mass is 9.97. The van der Waals surface area contributed by atoms with Gasteiger partial charge in [-0.25, -0.2) is 4.98 Å². The lowest BCUT2D eigenvalue weighted by Gasteiger charge is -2.15. The summed E-state index contributed by atoms with van der Waals surface area (Å²) >= 11 is 0. The third-order valence-corrected chi connectivity index (χ3v) is 3.61. The number of rotatable bonds is 7. The lowest BCUT2D eigenvalue weighted by Crippen LogP contribution is -2.29. The first-order valence-corrected chi connectivity index (χ1v) is 7.31. The first-order chi connectivity index (χ1) is 9.97. The molecule has 1 atom stereocenters. The molecule has 1 heterocycles. The van der Waals surface area contributed by atoms with E-state index >= 15 is 0 Å². The van der Waals surface area contributed by atoms with Gasteiger partial charge in [0, 0.05) is 20.1 Å². The number of nitrogens with zero attached hydrogens (tertiary/aromatic N) is 2. The SMILES string of the molecule is CC(C)CC(CNCc1ccc2c(c1)ncn2C)C(=O)O. The molecule has 0 radical (unpaired) electrons. The Balaban J connectivity index is 1.93. The standard InChI is InChI=1S/C16H23N3O2/c1-11(2)6-13(16(20)21)9-17-8-12-4-5-15-14(7-12)18-10-19(15)3/h4-5,7,10-11,13,17H,6,8-9H2,1-3H3,(H,20,21). The monoisotopic (exact) mass is 289 g/mol. The van der Waals surface area contributed by atoms with E-state index in [4.69, 9.17) is 0 Å². The van der Waals surface area contributed by atoms with Gasteiger partial charge in [-0.3, -0.25) is 4.79 Å². The van der Waals surface area contributed by atoms with Crippen molar-refractivity contribution in [3.8, 4) is 0 Å². The Kier molecular flexibility index (Phi) is 4.96. The molecule has 2 aromatic rings. The average Bonchev–Trinajstić information content (AvgIpc) is 2.78. The summed E-state index contributed by atoms with van der Waals surface area (Å²) in [5.41, 5.74) is 3.19. The molecule has 0 aliphatic heterocycles. The number of aliphatic carboxylic acids is 1. The van der Waals surface area contributed by atoms with Crippen molar-refractivity contribution < 1.29 is 9.90 Å². The molecule has 2 rings (SSSR count). The molecule has 0 aliphatic rings. The second kappa shape index (κ2) is 6.72. The van der Waals surface area contributed by atoms with E-state index in [0.29, 0.717) is 25.4 Å². The third-order valence-electron chi connectivity index (χ3n) is 3.61. The summed E-state index contributed by atoms with van der Waals surface area (Å²) in [6.07, 6.45) is 2.49. The number of imidazole rings is 1. The maximum Gasteiger partial charge on any atom is 0.307 e. The number of carbonyl (C=O) groups is 1. The van der Waals surface area contributed by atoms with Gasteiger partial charge in [0.1, 0.15) is 0 Å². The molecule has 1 aromatic carbocycles. The van der Waals surface area contributed by atoms with Crippen LogP contribution in [0.2, 0.25) is 0 Å². The van der Waals surface area contributed by atoms with E-state index in [2.05, 4.69) is 16.4 Å². The van der Waals surface area contributed by atoms with Crippen LogP contribution in [0.1, 0.15) is 25.8 Å². The average molecular weight is 289 g/mol. The number of fused-ring (bicyclic) bond motifs is 1. The molecule has 0 saturated heterocycles. The predicted molar refractivity (Wildman–Crippen MR) is 83.0 cm³/mol. The molecule has 21 heavy (non-hydrogen) atoms. The molecular formula is C16H23N3O2. The summed E-state index contributed by atoms with van der Waals surface area (Å²) in [4.78, 5) is 15.5. The summed E-state index contributed by atoms with van der Waals surface area (Å²) in [7, 11) is 1.97. The molecular weight excluding hydrogens is 266 g/mol. The van der Waals surface area contributed by atoms with Gasteiger partial charge in [-0.05, 0) is 30.0 Å². The van der Waals surface area contributed by atoms with E-state index in [1.807, 2.05) is 37.6 Å². The highest BCUT2D eigenvalue weighted by atomic mass is 16.4. The second-order valence-electron chi connectivity index (χ2n) is 5.97. The van der Waals surface area contributed by atoms with Crippen molar-refractivity contribution in [1.29, 1.82) is 0 Å². The smallest absolute Gasteiger partial charge is 0.307 e. The van der Waals surface area contributed by atoms with Crippen LogP contribution >= 0.6 is 0 Å². The highest BCUT2D eigenvalue weighted by Crippen LogP contribution is 2.14. The number of carboxylic acid groups (broad SMARTS) is 1. The molecule has 1 aromatic heterocycles. The van der Waals surface area contributed by atoms with E-state index in [-0.39, 0.29) is 5.92 Å². The van der Waals surface area contributed by atoms with Crippen LogP contribution in [0.4, 0.5) is 0 Å². The molecule has 0 fully saturated rings. The number of nitrogens with one attached hydrogen (secondary N) is 1. The summed E-state index contributed by atoms with van der Waals surface area (Å²) in [6.45, 7) is 5.25. The van der Waals surface area contributed by atoms with Crippen LogP contribution in [0.25, 0.3) is 11.0 Å². The van der Waals surface area contributed by atoms with Crippen LogP contribution in [0, 0.1) is 11.8 Å². The number of aromatic nitrogens is 2. The Morgan fingerprint density at radius 2 is 2.19 bits per heavy atom. The van der Waals surface area contributed by atoms with Crippen LogP contribution < -0.4 is 5.32 Å². The molecule has 5 nitrogen and oxygen atoms in total. The fourth-order valence-corrected chi connectivity index (χ4v) is 2.52. The molecule has 114 valence electrons. The molecule has 0 amide bonds. The maximum absolute atomic E-state index is 11.2. The zero-order valence-corrected chi connectivity index (χ0v) is 12.8. The van der Waals surface area contributed by atoms with Gasteiger partial charge in [0.25, 0.3) is 0 Å². The zero-order chi connectivity index (χ0) is 15.4. The van der Waals surface area contributed by atoms with Gasteiger partial charge in [0.05, 0.1) is 23.3 Å². The van der Waals surface area contributed by atoms with Crippen molar-refractivity contribution in [1.82, 2.24) is 14.9 Å². The van der Waals surface area contributed by atoms with E-state index in [1.54, 1.807) is 6.33 Å². The molecule has 2 N–H and O–H groups in total. The molecule has 0 saturated carbocycles. The van der Waals surface area contributed by atoms with Crippen LogP contribution in [-0.2, 0) is 18.4 Å². The minimum Gasteiger partial charge on any atom is -0.481 e. The predicted octanol–water partition coefficient (Wildman–Crippen LogP) is 2.41. The van der Waals surface area contributed by atoms with Gasteiger partial charge < -0.3 is 15.0 Å². The van der Waals surface area contributed by atoms with Crippen LogP contribution in [-0.4, -0.2) is 27.2 Å². The Morgan fingerprint density at radius 1 is 1.43 bits per heavy atom. The maximum atomic E-state index is 11.2. The number of aryl methyl sites for hydroxylation is 1. The minimum absolute atomic E-state index is 0.330. The van der Waals surface area contributed by atoms with Crippen molar-refractivity contribution in [3.63, 3.8) is 0 Å². The normalized spacial score (nSPS) is 13.0. The quantitative estimate of drug-likeness (QED) is 0.821. The van der Waals surface area contributed by atoms with Crippen molar-refractivity contribution in [2.45, 2.75) is 26.8 Å². The van der Waals surface area contributed by atoms with Gasteiger partial charge in [0.2, 0.25) is 0 Å². The minimum atomic E-state index is -0.726. The van der Waals surface area contributed by atoms with Gasteiger partial charge in [-0.2, -0.15) is 0 Å². The number of hydrogen-bond donors (Lipinski definition) is 2. The summed E-state index contributed by atoms with van der Waals surface area (Å²) < 4.78 is 1.98. The van der Waals surface area contributed by atoms with E-state index in [1.165, 1.54) is 0 Å². The largest absolute Gasteiger partial charge is 0.481 e. The van der Waals surface area contributed by atoms with Crippen molar-refractivity contribution in [2.75, 3.05) is 6.54 Å². The highest BCUT2D eigenvalue weighted by Gasteiger charge is 2.18. The Hall–Kier alpha value is -1.88. The molecule has 5 heteroatoms. The Morgan fingerprint density at radius 3 is 2.86 bits per heavy atom. The zero-order valence-electron chi connectivity index (χ0n) is 12.8. The number of carboxylic acids is 1. The topological polar surface area (TPSA) is 67.2 Å². The Bertz CT molecular complexity index is 619. The van der Waals surface area contributed by atoms with E-state index in [9.17, 15) is 9.90 Å². The molecule has 0 aliphatic carbocycles. The van der Waals surface area contributed by atoms with Crippen molar-refractivity contribution in [2.24, 2.45) is 18.9 Å². The van der Waals surface area contributed by atoms with Crippen molar-refractivity contribution >= 4 is 17.0 Å². The summed E-state index contributed by atoms with van der Waals surface area (Å²) in [5.74, 6) is -0.669. The van der Waals surface area contributed by atoms with Gasteiger partial charge in [-0.15, -0.1) is 0 Å². The second-order valence-corrected chi connectivity index (χ2v) is 5.97. The van der Waals surface area contributed by atoms with Gasteiger partial charge in [0.15, 0.2) is 0 Å². The van der Waals surface area contributed by atoms with E-state index in [0.717, 1.165) is 16.6 Å². The highest BCUT2D eigenvalue weighted by molar-refractivity contribution is 5.75. The van der Waals surface area contributed by atoms with Crippen LogP contribution in [0.3, 0.4) is 0 Å². The lowest BCUT2D eigenvalue weighted by molar-refractivity contribution is -0.142. The summed E-state index contributed by atoms with van der Waals surface area (Å²) in [5, 5.41) is 12.5. The third kappa shape index (κ3) is 4.04. The van der Waals surface area contributed by atoms with Crippen LogP contribution in [0.5, 0.6) is 0 Å². The van der Waals surface area contributed by atoms with E-state index < -0.39 is 5.97 Å².